The molecule has 0 radical (unpaired) electrons. The second-order valence-corrected chi connectivity index (χ2v) is 5.31. The number of hydrogen-bond donors (Lipinski definition) is 1. The molecule has 0 unspecified atom stereocenters. The van der Waals surface area contributed by atoms with Crippen molar-refractivity contribution in [1.29, 1.82) is 5.26 Å². The molecule has 0 saturated heterocycles. The summed E-state index contributed by atoms with van der Waals surface area (Å²) in [4.78, 5) is 12.3. The van der Waals surface area contributed by atoms with Crippen LogP contribution < -0.4 is 19.5 Å². The van der Waals surface area contributed by atoms with E-state index in [2.05, 4.69) is 5.32 Å². The van der Waals surface area contributed by atoms with Gasteiger partial charge in [0.05, 0.1) is 6.61 Å². The molecule has 26 heavy (non-hydrogen) atoms. The molecule has 1 aliphatic heterocycles. The lowest BCUT2D eigenvalue weighted by molar-refractivity contribution is -0.112. The Labute approximate surface area is 149 Å². The summed E-state index contributed by atoms with van der Waals surface area (Å²) < 4.78 is 29.1. The lowest BCUT2D eigenvalue weighted by atomic mass is 10.1. The zero-order valence-corrected chi connectivity index (χ0v) is 13.9. The molecular formula is C19H15FN2O4. The summed E-state index contributed by atoms with van der Waals surface area (Å²) >= 11 is 0. The van der Waals surface area contributed by atoms with Crippen molar-refractivity contribution >= 4 is 17.7 Å². The van der Waals surface area contributed by atoms with Gasteiger partial charge in [-0.25, -0.2) is 4.39 Å². The van der Waals surface area contributed by atoms with Gasteiger partial charge in [-0.3, -0.25) is 4.79 Å². The molecule has 0 aromatic heterocycles. The van der Waals surface area contributed by atoms with Crippen molar-refractivity contribution < 1.29 is 23.4 Å². The van der Waals surface area contributed by atoms with Gasteiger partial charge in [0.25, 0.3) is 5.91 Å². The van der Waals surface area contributed by atoms with Crippen molar-refractivity contribution in [2.45, 2.75) is 6.92 Å². The Balaban J connectivity index is 1.89. The number of anilines is 1. The van der Waals surface area contributed by atoms with Crippen LogP contribution in [0.2, 0.25) is 0 Å². The van der Waals surface area contributed by atoms with E-state index < -0.39 is 11.7 Å². The first-order valence-electron chi connectivity index (χ1n) is 7.86. The van der Waals surface area contributed by atoms with E-state index in [0.717, 1.165) is 0 Å². The zero-order valence-electron chi connectivity index (χ0n) is 13.9. The van der Waals surface area contributed by atoms with Crippen LogP contribution in [-0.2, 0) is 4.79 Å². The fraction of sp³-hybridized carbons (Fsp3) is 0.158. The van der Waals surface area contributed by atoms with E-state index in [-0.39, 0.29) is 12.4 Å². The molecule has 6 nitrogen and oxygen atoms in total. The number of hydrogen-bond acceptors (Lipinski definition) is 5. The summed E-state index contributed by atoms with van der Waals surface area (Å²) in [5, 5.41) is 11.9. The van der Waals surface area contributed by atoms with E-state index in [4.69, 9.17) is 14.2 Å². The van der Waals surface area contributed by atoms with Crippen LogP contribution in [-0.4, -0.2) is 19.3 Å². The molecule has 1 amide bonds. The molecule has 0 saturated carbocycles. The first kappa shape index (κ1) is 17.3. The van der Waals surface area contributed by atoms with Gasteiger partial charge >= 0.3 is 0 Å². The molecule has 0 aliphatic carbocycles. The molecule has 1 heterocycles. The SMILES string of the molecule is CCOc1cc2c(cc1/C=C(\C#N)C(=O)Nc1ccc(F)cc1)OCO2. The molecular weight excluding hydrogens is 339 g/mol. The van der Waals surface area contributed by atoms with Gasteiger partial charge in [0.15, 0.2) is 11.5 Å². The number of rotatable bonds is 5. The third kappa shape index (κ3) is 3.75. The Morgan fingerprint density at radius 1 is 1.31 bits per heavy atom. The van der Waals surface area contributed by atoms with Crippen LogP contribution in [0.15, 0.2) is 42.0 Å². The van der Waals surface area contributed by atoms with E-state index in [1.807, 2.05) is 13.0 Å². The summed E-state index contributed by atoms with van der Waals surface area (Å²) in [6, 6.07) is 10.4. The fourth-order valence-corrected chi connectivity index (χ4v) is 2.37. The number of ether oxygens (including phenoxy) is 3. The van der Waals surface area contributed by atoms with Crippen molar-refractivity contribution in [3.8, 4) is 23.3 Å². The molecule has 132 valence electrons. The zero-order chi connectivity index (χ0) is 18.5. The van der Waals surface area contributed by atoms with Crippen LogP contribution in [0.4, 0.5) is 10.1 Å². The average Bonchev–Trinajstić information content (AvgIpc) is 3.09. The number of nitrogens with one attached hydrogen (secondary N) is 1. The van der Waals surface area contributed by atoms with Crippen LogP contribution in [0.3, 0.4) is 0 Å². The van der Waals surface area contributed by atoms with Gasteiger partial charge in [-0.15, -0.1) is 0 Å². The van der Waals surface area contributed by atoms with E-state index >= 15 is 0 Å². The van der Waals surface area contributed by atoms with E-state index in [0.29, 0.717) is 35.1 Å². The van der Waals surface area contributed by atoms with Crippen molar-refractivity contribution in [3.05, 3.63) is 53.4 Å². The smallest absolute Gasteiger partial charge is 0.266 e. The molecule has 0 fully saturated rings. The highest BCUT2D eigenvalue weighted by Crippen LogP contribution is 2.39. The van der Waals surface area contributed by atoms with Gasteiger partial charge in [-0.2, -0.15) is 5.26 Å². The second-order valence-electron chi connectivity index (χ2n) is 5.31. The third-order valence-electron chi connectivity index (χ3n) is 3.57. The van der Waals surface area contributed by atoms with Crippen LogP contribution in [0.5, 0.6) is 17.2 Å². The van der Waals surface area contributed by atoms with Gasteiger partial charge < -0.3 is 19.5 Å². The maximum atomic E-state index is 13.0. The number of amides is 1. The Hall–Kier alpha value is -3.53. The molecule has 0 spiro atoms. The Morgan fingerprint density at radius 3 is 2.65 bits per heavy atom. The average molecular weight is 354 g/mol. The molecule has 2 aromatic rings. The molecule has 0 bridgehead atoms. The topological polar surface area (TPSA) is 80.6 Å². The normalized spacial score (nSPS) is 12.4. The van der Waals surface area contributed by atoms with Crippen LogP contribution in [0.1, 0.15) is 12.5 Å². The number of nitriles is 1. The molecule has 3 rings (SSSR count). The van der Waals surface area contributed by atoms with Gasteiger partial charge in [0.2, 0.25) is 6.79 Å². The summed E-state index contributed by atoms with van der Waals surface area (Å²) in [5.41, 5.74) is 0.768. The Morgan fingerprint density at radius 2 is 2.00 bits per heavy atom. The van der Waals surface area contributed by atoms with Crippen molar-refractivity contribution in [2.24, 2.45) is 0 Å². The minimum Gasteiger partial charge on any atom is -0.493 e. The maximum Gasteiger partial charge on any atom is 0.266 e. The predicted octanol–water partition coefficient (Wildman–Crippen LogP) is 3.50. The summed E-state index contributed by atoms with van der Waals surface area (Å²) in [7, 11) is 0. The minimum atomic E-state index is -0.612. The van der Waals surface area contributed by atoms with Gasteiger partial charge in [-0.05, 0) is 43.3 Å². The number of nitrogens with zero attached hydrogens (tertiary/aromatic N) is 1. The highest BCUT2D eigenvalue weighted by Gasteiger charge is 2.19. The van der Waals surface area contributed by atoms with Crippen LogP contribution in [0.25, 0.3) is 6.08 Å². The van der Waals surface area contributed by atoms with Crippen molar-refractivity contribution in [3.63, 3.8) is 0 Å². The first-order chi connectivity index (χ1) is 12.6. The largest absolute Gasteiger partial charge is 0.493 e. The van der Waals surface area contributed by atoms with Crippen LogP contribution >= 0.6 is 0 Å². The van der Waals surface area contributed by atoms with E-state index in [9.17, 15) is 14.4 Å². The minimum absolute atomic E-state index is 0.101. The van der Waals surface area contributed by atoms with Crippen molar-refractivity contribution in [2.75, 3.05) is 18.7 Å². The Kier molecular flexibility index (Phi) is 5.04. The molecule has 7 heteroatoms. The molecule has 1 N–H and O–H groups in total. The summed E-state index contributed by atoms with van der Waals surface area (Å²) in [6.45, 7) is 2.33. The number of carbonyl (C=O) groups excluding carboxylic acids is 1. The summed E-state index contributed by atoms with van der Waals surface area (Å²) in [6.07, 6.45) is 1.41. The quantitative estimate of drug-likeness (QED) is 0.657. The van der Waals surface area contributed by atoms with Gasteiger partial charge in [0, 0.05) is 17.3 Å². The summed E-state index contributed by atoms with van der Waals surface area (Å²) in [5.74, 6) is 0.495. The highest BCUT2D eigenvalue weighted by atomic mass is 19.1. The number of fused-ring (bicyclic) bond motifs is 1. The van der Waals surface area contributed by atoms with Crippen LogP contribution in [0, 0.1) is 17.1 Å². The van der Waals surface area contributed by atoms with E-state index in [1.54, 1.807) is 12.1 Å². The molecule has 1 aliphatic rings. The van der Waals surface area contributed by atoms with Crippen molar-refractivity contribution in [1.82, 2.24) is 0 Å². The second kappa shape index (κ2) is 7.57. The highest BCUT2D eigenvalue weighted by molar-refractivity contribution is 6.09. The lowest BCUT2D eigenvalue weighted by Crippen LogP contribution is -2.13. The monoisotopic (exact) mass is 354 g/mol. The van der Waals surface area contributed by atoms with E-state index in [1.165, 1.54) is 30.3 Å². The molecule has 0 atom stereocenters. The number of benzene rings is 2. The predicted molar refractivity (Wildman–Crippen MR) is 92.4 cm³/mol. The lowest BCUT2D eigenvalue weighted by Gasteiger charge is -2.09. The first-order valence-corrected chi connectivity index (χ1v) is 7.86. The molecule has 2 aromatic carbocycles. The number of halogens is 1. The fourth-order valence-electron chi connectivity index (χ4n) is 2.37. The Bertz CT molecular complexity index is 901. The maximum absolute atomic E-state index is 13.0. The standard InChI is InChI=1S/C19H15FN2O4/c1-2-24-16-9-18-17(25-11-26-18)8-12(16)7-13(10-21)19(23)22-15-5-3-14(20)4-6-15/h3-9H,2,11H2,1H3,(H,22,23)/b13-7+. The van der Waals surface area contributed by atoms with Gasteiger partial charge in [0.1, 0.15) is 23.2 Å². The number of carbonyl (C=O) groups is 1. The third-order valence-corrected chi connectivity index (χ3v) is 3.57. The van der Waals surface area contributed by atoms with Gasteiger partial charge in [-0.1, -0.05) is 0 Å².